The fourth-order valence-electron chi connectivity index (χ4n) is 2.60. The standard InChI is InChI=1S/C21H26F4O2/c1-12(7-9-16-10-11-17(26)21(25)20(16)24)6-8-13(2)14(3)18(22)19(23)15(4)27-5/h10-13,26H,3-4,6-9H2,1-2,5H3/b19-18-. The van der Waals surface area contributed by atoms with Crippen molar-refractivity contribution < 1.29 is 27.4 Å². The average Bonchev–Trinajstić information content (AvgIpc) is 2.67. The SMILES string of the molecule is C=C(OC)/C(F)=C(/F)C(=C)C(C)CCC(C)CCc1ccc(O)c(F)c1F. The monoisotopic (exact) mass is 386 g/mol. The summed E-state index contributed by atoms with van der Waals surface area (Å²) in [6.07, 6.45) is 2.15. The van der Waals surface area contributed by atoms with Crippen molar-refractivity contribution in [3.8, 4) is 5.75 Å². The molecule has 0 spiro atoms. The summed E-state index contributed by atoms with van der Waals surface area (Å²) in [7, 11) is 1.20. The maximum Gasteiger partial charge on any atom is 0.200 e. The first-order valence-corrected chi connectivity index (χ1v) is 8.73. The van der Waals surface area contributed by atoms with Gasteiger partial charge in [-0.25, -0.2) is 8.78 Å². The first-order chi connectivity index (χ1) is 12.6. The highest BCUT2D eigenvalue weighted by atomic mass is 19.2. The third-order valence-corrected chi connectivity index (χ3v) is 4.70. The van der Waals surface area contributed by atoms with Gasteiger partial charge >= 0.3 is 0 Å². The van der Waals surface area contributed by atoms with Crippen LogP contribution in [0.2, 0.25) is 0 Å². The van der Waals surface area contributed by atoms with Gasteiger partial charge in [0.1, 0.15) is 5.76 Å². The minimum absolute atomic E-state index is 0.0320. The van der Waals surface area contributed by atoms with Crippen LogP contribution in [0.4, 0.5) is 17.6 Å². The van der Waals surface area contributed by atoms with Crippen molar-refractivity contribution in [1.82, 2.24) is 0 Å². The van der Waals surface area contributed by atoms with Gasteiger partial charge in [-0.1, -0.05) is 39.5 Å². The summed E-state index contributed by atoms with van der Waals surface area (Å²) in [6, 6.07) is 2.48. The quantitative estimate of drug-likeness (QED) is 0.282. The summed E-state index contributed by atoms with van der Waals surface area (Å²) in [6.45, 7) is 10.6. The van der Waals surface area contributed by atoms with Crippen molar-refractivity contribution in [3.05, 3.63) is 65.5 Å². The Morgan fingerprint density at radius 1 is 1.04 bits per heavy atom. The predicted molar refractivity (Wildman–Crippen MR) is 98.4 cm³/mol. The second-order valence-corrected chi connectivity index (χ2v) is 6.77. The largest absolute Gasteiger partial charge is 0.505 e. The highest BCUT2D eigenvalue weighted by molar-refractivity contribution is 5.33. The first-order valence-electron chi connectivity index (χ1n) is 8.73. The minimum atomic E-state index is -1.24. The molecule has 0 heterocycles. The maximum atomic E-state index is 14.1. The van der Waals surface area contributed by atoms with Gasteiger partial charge in [0.25, 0.3) is 0 Å². The molecule has 0 aromatic heterocycles. The number of aromatic hydroxyl groups is 1. The van der Waals surface area contributed by atoms with E-state index in [1.807, 2.05) is 6.92 Å². The van der Waals surface area contributed by atoms with Crippen LogP contribution in [0.1, 0.15) is 38.7 Å². The smallest absolute Gasteiger partial charge is 0.200 e. The van der Waals surface area contributed by atoms with Gasteiger partial charge in [-0.3, -0.25) is 0 Å². The van der Waals surface area contributed by atoms with Crippen molar-refractivity contribution in [2.75, 3.05) is 7.11 Å². The molecule has 0 aliphatic rings. The second-order valence-electron chi connectivity index (χ2n) is 6.77. The fraction of sp³-hybridized carbons (Fsp3) is 0.429. The molecule has 0 amide bonds. The molecule has 2 nitrogen and oxygen atoms in total. The van der Waals surface area contributed by atoms with Gasteiger partial charge in [0, 0.05) is 0 Å². The Bertz CT molecular complexity index is 725. The van der Waals surface area contributed by atoms with E-state index < -0.39 is 34.8 Å². The Morgan fingerprint density at radius 3 is 2.26 bits per heavy atom. The molecule has 0 fully saturated rings. The zero-order chi connectivity index (χ0) is 20.7. The van der Waals surface area contributed by atoms with Crippen LogP contribution in [-0.2, 0) is 11.2 Å². The van der Waals surface area contributed by atoms with Crippen LogP contribution in [0, 0.1) is 23.5 Å². The van der Waals surface area contributed by atoms with Crippen LogP contribution in [0.3, 0.4) is 0 Å². The Morgan fingerprint density at radius 2 is 1.67 bits per heavy atom. The van der Waals surface area contributed by atoms with E-state index in [4.69, 9.17) is 5.11 Å². The number of hydrogen-bond donors (Lipinski definition) is 1. The van der Waals surface area contributed by atoms with Crippen molar-refractivity contribution in [2.24, 2.45) is 11.8 Å². The van der Waals surface area contributed by atoms with E-state index in [0.717, 1.165) is 6.07 Å². The summed E-state index contributed by atoms with van der Waals surface area (Å²) in [5, 5.41) is 9.14. The molecular weight excluding hydrogens is 360 g/mol. The van der Waals surface area contributed by atoms with Crippen molar-refractivity contribution in [1.29, 1.82) is 0 Å². The van der Waals surface area contributed by atoms with Gasteiger partial charge in [0.15, 0.2) is 23.2 Å². The van der Waals surface area contributed by atoms with Gasteiger partial charge in [-0.15, -0.1) is 0 Å². The molecule has 0 saturated heterocycles. The number of ether oxygens (including phenoxy) is 1. The lowest BCUT2D eigenvalue weighted by atomic mass is 9.89. The van der Waals surface area contributed by atoms with E-state index in [1.54, 1.807) is 6.92 Å². The number of rotatable bonds is 10. The van der Waals surface area contributed by atoms with E-state index in [1.165, 1.54) is 13.2 Å². The Balaban J connectivity index is 2.57. The maximum absolute atomic E-state index is 14.1. The molecule has 2 unspecified atom stereocenters. The van der Waals surface area contributed by atoms with Gasteiger partial charge in [0.05, 0.1) is 7.11 Å². The molecular formula is C21H26F4O2. The van der Waals surface area contributed by atoms with Gasteiger partial charge in [-0.2, -0.15) is 8.78 Å². The zero-order valence-electron chi connectivity index (χ0n) is 15.9. The van der Waals surface area contributed by atoms with Crippen molar-refractivity contribution >= 4 is 0 Å². The van der Waals surface area contributed by atoms with E-state index in [-0.39, 0.29) is 23.0 Å². The summed E-state index contributed by atoms with van der Waals surface area (Å²) in [5.74, 6) is -5.76. The molecule has 1 N–H and O–H groups in total. The molecule has 1 aromatic carbocycles. The third-order valence-electron chi connectivity index (χ3n) is 4.70. The number of phenols is 1. The number of halogens is 4. The molecule has 1 aromatic rings. The van der Waals surface area contributed by atoms with Crippen LogP contribution in [0.25, 0.3) is 0 Å². The predicted octanol–water partition coefficient (Wildman–Crippen LogP) is 6.52. The zero-order valence-corrected chi connectivity index (χ0v) is 15.9. The molecule has 1 rings (SSSR count). The molecule has 150 valence electrons. The van der Waals surface area contributed by atoms with Crippen molar-refractivity contribution in [3.63, 3.8) is 0 Å². The molecule has 6 heteroatoms. The molecule has 27 heavy (non-hydrogen) atoms. The van der Waals surface area contributed by atoms with Crippen LogP contribution < -0.4 is 0 Å². The van der Waals surface area contributed by atoms with Crippen LogP contribution in [-0.4, -0.2) is 12.2 Å². The number of phenolic OH excluding ortho intramolecular Hbond substituents is 1. The van der Waals surface area contributed by atoms with Crippen LogP contribution >= 0.6 is 0 Å². The highest BCUT2D eigenvalue weighted by Crippen LogP contribution is 2.30. The van der Waals surface area contributed by atoms with E-state index in [9.17, 15) is 17.6 Å². The lowest BCUT2D eigenvalue weighted by Crippen LogP contribution is -2.06. The van der Waals surface area contributed by atoms with Crippen molar-refractivity contribution in [2.45, 2.75) is 39.5 Å². The minimum Gasteiger partial charge on any atom is -0.505 e. The van der Waals surface area contributed by atoms with E-state index >= 15 is 0 Å². The molecule has 0 bridgehead atoms. The van der Waals surface area contributed by atoms with E-state index in [0.29, 0.717) is 25.7 Å². The first kappa shape index (κ1) is 22.8. The number of aryl methyl sites for hydroxylation is 1. The molecule has 0 saturated carbocycles. The normalized spacial score (nSPS) is 14.3. The Kier molecular flexibility index (Phi) is 8.60. The topological polar surface area (TPSA) is 29.5 Å². The average molecular weight is 386 g/mol. The summed E-state index contributed by atoms with van der Waals surface area (Å²) < 4.78 is 59.5. The lowest BCUT2D eigenvalue weighted by molar-refractivity contribution is 0.280. The number of methoxy groups -OCH3 is 1. The van der Waals surface area contributed by atoms with Crippen LogP contribution in [0.5, 0.6) is 5.75 Å². The second kappa shape index (κ2) is 10.2. The number of hydrogen-bond acceptors (Lipinski definition) is 2. The molecule has 2 atom stereocenters. The Labute approximate surface area is 157 Å². The lowest BCUT2D eigenvalue weighted by Gasteiger charge is -2.17. The highest BCUT2D eigenvalue weighted by Gasteiger charge is 2.19. The summed E-state index contributed by atoms with van der Waals surface area (Å²) in [4.78, 5) is 0. The third kappa shape index (κ3) is 6.15. The summed E-state index contributed by atoms with van der Waals surface area (Å²) >= 11 is 0. The van der Waals surface area contributed by atoms with Crippen LogP contribution in [0.15, 0.2) is 48.3 Å². The fourth-order valence-corrected chi connectivity index (χ4v) is 2.60. The Hall–Kier alpha value is -2.24. The van der Waals surface area contributed by atoms with Gasteiger partial charge in [0.2, 0.25) is 5.82 Å². The molecule has 0 radical (unpaired) electrons. The number of benzene rings is 1. The molecule has 0 aliphatic heterocycles. The van der Waals surface area contributed by atoms with Gasteiger partial charge in [-0.05, 0) is 48.3 Å². The number of allylic oxidation sites excluding steroid dienone is 3. The van der Waals surface area contributed by atoms with Gasteiger partial charge < -0.3 is 9.84 Å². The molecule has 0 aliphatic carbocycles. The van der Waals surface area contributed by atoms with E-state index in [2.05, 4.69) is 17.9 Å². The summed E-state index contributed by atoms with van der Waals surface area (Å²) in [5.41, 5.74) is 0.230.